The van der Waals surface area contributed by atoms with Gasteiger partial charge in [0.05, 0.1) is 11.7 Å². The van der Waals surface area contributed by atoms with E-state index in [0.29, 0.717) is 29.2 Å². The molecule has 0 radical (unpaired) electrons. The van der Waals surface area contributed by atoms with Crippen molar-refractivity contribution < 1.29 is 19.1 Å². The Bertz CT molecular complexity index is 986. The first-order valence-electron chi connectivity index (χ1n) is 9.66. The van der Waals surface area contributed by atoms with Crippen molar-refractivity contribution in [1.82, 2.24) is 10.9 Å². The average Bonchev–Trinajstić information content (AvgIpc) is 2.77. The molecule has 0 heterocycles. The van der Waals surface area contributed by atoms with Crippen LogP contribution >= 0.6 is 0 Å². The number of rotatable bonds is 7. The first-order chi connectivity index (χ1) is 14.5. The maximum Gasteiger partial charge on any atom is 0.273 e. The first kappa shape index (κ1) is 20.9. The highest BCUT2D eigenvalue weighted by Crippen LogP contribution is 2.19. The van der Waals surface area contributed by atoms with Gasteiger partial charge in [0.1, 0.15) is 18.1 Å². The molecule has 0 atom stereocenters. The summed E-state index contributed by atoms with van der Waals surface area (Å²) in [5.41, 5.74) is 6.58. The van der Waals surface area contributed by atoms with Crippen molar-refractivity contribution in [3.05, 3.63) is 95.6 Å². The average molecular weight is 404 g/mol. The third-order valence-electron chi connectivity index (χ3n) is 4.15. The summed E-state index contributed by atoms with van der Waals surface area (Å²) >= 11 is 0. The molecule has 3 aromatic rings. The second-order valence-corrected chi connectivity index (χ2v) is 6.87. The highest BCUT2D eigenvalue weighted by atomic mass is 16.5. The summed E-state index contributed by atoms with van der Waals surface area (Å²) in [6.45, 7) is 4.19. The lowest BCUT2D eigenvalue weighted by Gasteiger charge is -2.13. The Morgan fingerprint density at radius 3 is 2.13 bits per heavy atom. The highest BCUT2D eigenvalue weighted by molar-refractivity contribution is 6.00. The van der Waals surface area contributed by atoms with Gasteiger partial charge in [-0.05, 0) is 55.8 Å². The summed E-state index contributed by atoms with van der Waals surface area (Å²) in [4.78, 5) is 24.9. The van der Waals surface area contributed by atoms with E-state index < -0.39 is 11.8 Å². The van der Waals surface area contributed by atoms with Gasteiger partial charge >= 0.3 is 0 Å². The molecule has 0 fully saturated rings. The van der Waals surface area contributed by atoms with Gasteiger partial charge in [-0.3, -0.25) is 20.4 Å². The molecule has 0 bridgehead atoms. The van der Waals surface area contributed by atoms with Crippen LogP contribution in [0.4, 0.5) is 0 Å². The molecular weight excluding hydrogens is 380 g/mol. The number of hydrogen-bond acceptors (Lipinski definition) is 4. The van der Waals surface area contributed by atoms with E-state index >= 15 is 0 Å². The van der Waals surface area contributed by atoms with Crippen molar-refractivity contribution in [3.8, 4) is 11.5 Å². The van der Waals surface area contributed by atoms with Gasteiger partial charge in [0.2, 0.25) is 0 Å². The molecule has 2 amide bonds. The van der Waals surface area contributed by atoms with Crippen LogP contribution in [0.5, 0.6) is 11.5 Å². The Balaban J connectivity index is 1.58. The first-order valence-corrected chi connectivity index (χ1v) is 9.66. The fraction of sp³-hybridized carbons (Fsp3) is 0.167. The normalized spacial score (nSPS) is 10.4. The lowest BCUT2D eigenvalue weighted by Crippen LogP contribution is -2.41. The van der Waals surface area contributed by atoms with Crippen molar-refractivity contribution in [2.75, 3.05) is 0 Å². The molecule has 6 nitrogen and oxygen atoms in total. The number of hydrogen-bond donors (Lipinski definition) is 2. The molecule has 0 unspecified atom stereocenters. The SMILES string of the molecule is CC(C)Oc1ccc(C(=O)NNC(=O)c2ccccc2OCc2ccccc2)cc1. The van der Waals surface area contributed by atoms with Crippen LogP contribution < -0.4 is 20.3 Å². The highest BCUT2D eigenvalue weighted by Gasteiger charge is 2.14. The van der Waals surface area contributed by atoms with Crippen molar-refractivity contribution in [3.63, 3.8) is 0 Å². The van der Waals surface area contributed by atoms with E-state index in [0.717, 1.165) is 5.56 Å². The summed E-state index contributed by atoms with van der Waals surface area (Å²) in [6.07, 6.45) is 0.0492. The molecule has 2 N–H and O–H groups in total. The molecule has 3 rings (SSSR count). The molecule has 0 aromatic heterocycles. The Kier molecular flexibility index (Phi) is 7.05. The summed E-state index contributed by atoms with van der Waals surface area (Å²) in [5, 5.41) is 0. The smallest absolute Gasteiger partial charge is 0.273 e. The minimum atomic E-state index is -0.466. The van der Waals surface area contributed by atoms with E-state index in [1.807, 2.05) is 44.2 Å². The van der Waals surface area contributed by atoms with Crippen LogP contribution in [0.25, 0.3) is 0 Å². The minimum absolute atomic E-state index is 0.0492. The molecule has 0 aliphatic heterocycles. The third kappa shape index (κ3) is 5.85. The largest absolute Gasteiger partial charge is 0.491 e. The molecule has 0 spiro atoms. The topological polar surface area (TPSA) is 76.7 Å². The van der Waals surface area contributed by atoms with E-state index in [1.54, 1.807) is 48.5 Å². The number of carbonyl (C=O) groups excluding carboxylic acids is 2. The molecule has 30 heavy (non-hydrogen) atoms. The van der Waals surface area contributed by atoms with Crippen LogP contribution in [0.1, 0.15) is 40.1 Å². The van der Waals surface area contributed by atoms with Crippen molar-refractivity contribution in [2.45, 2.75) is 26.6 Å². The van der Waals surface area contributed by atoms with Crippen LogP contribution in [-0.4, -0.2) is 17.9 Å². The predicted molar refractivity (Wildman–Crippen MR) is 114 cm³/mol. The second-order valence-electron chi connectivity index (χ2n) is 6.87. The van der Waals surface area contributed by atoms with Crippen LogP contribution in [0, 0.1) is 0 Å². The maximum atomic E-state index is 12.6. The van der Waals surface area contributed by atoms with E-state index in [4.69, 9.17) is 9.47 Å². The molecule has 0 aliphatic rings. The van der Waals surface area contributed by atoms with Crippen molar-refractivity contribution in [2.24, 2.45) is 0 Å². The number of ether oxygens (including phenoxy) is 2. The number of nitrogens with one attached hydrogen (secondary N) is 2. The summed E-state index contributed by atoms with van der Waals surface area (Å²) < 4.78 is 11.4. The third-order valence-corrected chi connectivity index (χ3v) is 4.15. The summed E-state index contributed by atoms with van der Waals surface area (Å²) in [5.74, 6) is 0.215. The van der Waals surface area contributed by atoms with Gasteiger partial charge in [-0.2, -0.15) is 0 Å². The minimum Gasteiger partial charge on any atom is -0.491 e. The van der Waals surface area contributed by atoms with Gasteiger partial charge in [-0.15, -0.1) is 0 Å². The van der Waals surface area contributed by atoms with E-state index in [1.165, 1.54) is 0 Å². The standard InChI is InChI=1S/C24H24N2O4/c1-17(2)30-20-14-12-19(13-15-20)23(27)25-26-24(28)21-10-6-7-11-22(21)29-16-18-8-4-3-5-9-18/h3-15,17H,16H2,1-2H3,(H,25,27)(H,26,28). The van der Waals surface area contributed by atoms with Gasteiger partial charge < -0.3 is 9.47 Å². The van der Waals surface area contributed by atoms with E-state index in [-0.39, 0.29) is 6.10 Å². The molecule has 154 valence electrons. The summed E-state index contributed by atoms with van der Waals surface area (Å²) in [6, 6.07) is 23.2. The van der Waals surface area contributed by atoms with Crippen LogP contribution in [0.15, 0.2) is 78.9 Å². The molecule has 0 saturated heterocycles. The Hall–Kier alpha value is -3.80. The van der Waals surface area contributed by atoms with Crippen LogP contribution in [0.2, 0.25) is 0 Å². The van der Waals surface area contributed by atoms with E-state index in [2.05, 4.69) is 10.9 Å². The molecule has 0 saturated carbocycles. The molecule has 0 aliphatic carbocycles. The molecular formula is C24H24N2O4. The lowest BCUT2D eigenvalue weighted by molar-refractivity contribution is 0.0844. The molecule has 6 heteroatoms. The van der Waals surface area contributed by atoms with Crippen LogP contribution in [0.3, 0.4) is 0 Å². The van der Waals surface area contributed by atoms with Gasteiger partial charge in [0.15, 0.2) is 0 Å². The summed E-state index contributed by atoms with van der Waals surface area (Å²) in [7, 11) is 0. The predicted octanol–water partition coefficient (Wildman–Crippen LogP) is 4.13. The van der Waals surface area contributed by atoms with Gasteiger partial charge in [-0.25, -0.2) is 0 Å². The van der Waals surface area contributed by atoms with E-state index in [9.17, 15) is 9.59 Å². The number of para-hydroxylation sites is 1. The maximum absolute atomic E-state index is 12.6. The zero-order valence-electron chi connectivity index (χ0n) is 16.9. The number of hydrazine groups is 1. The zero-order valence-corrected chi connectivity index (χ0v) is 16.9. The number of amides is 2. The Morgan fingerprint density at radius 2 is 1.43 bits per heavy atom. The van der Waals surface area contributed by atoms with Gasteiger partial charge in [-0.1, -0.05) is 42.5 Å². The second kappa shape index (κ2) is 10.1. The van der Waals surface area contributed by atoms with Crippen LogP contribution in [-0.2, 0) is 6.61 Å². The Labute approximate surface area is 175 Å². The Morgan fingerprint density at radius 1 is 0.800 bits per heavy atom. The molecule has 3 aromatic carbocycles. The van der Waals surface area contributed by atoms with Gasteiger partial charge in [0.25, 0.3) is 11.8 Å². The monoisotopic (exact) mass is 404 g/mol. The lowest BCUT2D eigenvalue weighted by atomic mass is 10.2. The quantitative estimate of drug-likeness (QED) is 0.581. The van der Waals surface area contributed by atoms with Crippen molar-refractivity contribution in [1.29, 1.82) is 0 Å². The number of carbonyl (C=O) groups is 2. The fourth-order valence-corrected chi connectivity index (χ4v) is 2.73. The zero-order chi connectivity index (χ0) is 21.3. The van der Waals surface area contributed by atoms with Crippen molar-refractivity contribution >= 4 is 11.8 Å². The number of benzene rings is 3. The van der Waals surface area contributed by atoms with Gasteiger partial charge in [0, 0.05) is 5.56 Å². The fourth-order valence-electron chi connectivity index (χ4n) is 2.73.